The van der Waals surface area contributed by atoms with Gasteiger partial charge in [0.2, 0.25) is 0 Å². The summed E-state index contributed by atoms with van der Waals surface area (Å²) in [7, 11) is 0. The molecule has 2 aromatic carbocycles. The summed E-state index contributed by atoms with van der Waals surface area (Å²) in [5.74, 6) is -0.652. The molecule has 2 aromatic rings. The minimum Gasteiger partial charge on any atom is -0.481 e. The van der Waals surface area contributed by atoms with Gasteiger partial charge in [-0.05, 0) is 54.7 Å². The average molecular weight is 314 g/mol. The molecule has 5 heteroatoms. The molecular formula is C18H19FN2O2. The number of nitrogens with one attached hydrogen (secondary N) is 1. The first-order chi connectivity index (χ1) is 11.1. The van der Waals surface area contributed by atoms with E-state index in [4.69, 9.17) is 10.5 Å². The van der Waals surface area contributed by atoms with Crippen LogP contribution in [0.1, 0.15) is 30.0 Å². The SMILES string of the molecule is Nc1ccc2c(c1)CCCC2NC(=O)COc1ccccc1F. The van der Waals surface area contributed by atoms with E-state index in [1.165, 1.54) is 17.7 Å². The van der Waals surface area contributed by atoms with Crippen LogP contribution in [-0.4, -0.2) is 12.5 Å². The summed E-state index contributed by atoms with van der Waals surface area (Å²) >= 11 is 0. The van der Waals surface area contributed by atoms with Crippen molar-refractivity contribution in [1.29, 1.82) is 0 Å². The van der Waals surface area contributed by atoms with E-state index >= 15 is 0 Å². The monoisotopic (exact) mass is 314 g/mol. The minimum absolute atomic E-state index is 0.0453. The van der Waals surface area contributed by atoms with Crippen LogP contribution in [-0.2, 0) is 11.2 Å². The summed E-state index contributed by atoms with van der Waals surface area (Å²) in [6.45, 7) is -0.207. The number of halogens is 1. The van der Waals surface area contributed by atoms with E-state index < -0.39 is 5.82 Å². The highest BCUT2D eigenvalue weighted by Crippen LogP contribution is 2.30. The Balaban J connectivity index is 1.62. The number of amides is 1. The molecule has 0 aliphatic heterocycles. The highest BCUT2D eigenvalue weighted by Gasteiger charge is 2.22. The number of para-hydroxylation sites is 1. The van der Waals surface area contributed by atoms with Crippen LogP contribution in [0.2, 0.25) is 0 Å². The van der Waals surface area contributed by atoms with Crippen molar-refractivity contribution in [1.82, 2.24) is 5.32 Å². The van der Waals surface area contributed by atoms with Crippen LogP contribution in [0.3, 0.4) is 0 Å². The van der Waals surface area contributed by atoms with Gasteiger partial charge in [0.15, 0.2) is 18.2 Å². The highest BCUT2D eigenvalue weighted by atomic mass is 19.1. The number of hydrogen-bond acceptors (Lipinski definition) is 3. The number of carbonyl (C=O) groups is 1. The molecule has 1 aliphatic carbocycles. The third kappa shape index (κ3) is 3.62. The first-order valence-electron chi connectivity index (χ1n) is 7.68. The molecule has 0 saturated carbocycles. The first-order valence-corrected chi connectivity index (χ1v) is 7.68. The zero-order valence-corrected chi connectivity index (χ0v) is 12.7. The lowest BCUT2D eigenvalue weighted by Gasteiger charge is -2.26. The van der Waals surface area contributed by atoms with Gasteiger partial charge in [-0.3, -0.25) is 4.79 Å². The minimum atomic E-state index is -0.473. The Morgan fingerprint density at radius 3 is 2.96 bits per heavy atom. The molecule has 4 nitrogen and oxygen atoms in total. The fraction of sp³-hybridized carbons (Fsp3) is 0.278. The van der Waals surface area contributed by atoms with Gasteiger partial charge >= 0.3 is 0 Å². The van der Waals surface area contributed by atoms with Gasteiger partial charge in [-0.15, -0.1) is 0 Å². The summed E-state index contributed by atoms with van der Waals surface area (Å²) in [6.07, 6.45) is 2.84. The molecule has 1 aliphatic rings. The maximum atomic E-state index is 13.5. The molecule has 3 N–H and O–H groups in total. The number of aryl methyl sites for hydroxylation is 1. The highest BCUT2D eigenvalue weighted by molar-refractivity contribution is 5.78. The molecular weight excluding hydrogens is 295 g/mol. The van der Waals surface area contributed by atoms with Crippen molar-refractivity contribution in [3.05, 3.63) is 59.4 Å². The molecule has 1 amide bonds. The summed E-state index contributed by atoms with van der Waals surface area (Å²) in [5, 5.41) is 2.96. The lowest BCUT2D eigenvalue weighted by molar-refractivity contribution is -0.124. The van der Waals surface area contributed by atoms with Crippen LogP contribution in [0.5, 0.6) is 5.75 Å². The summed E-state index contributed by atoms with van der Waals surface area (Å²) in [5.41, 5.74) is 8.83. The van der Waals surface area contributed by atoms with Crippen molar-refractivity contribution in [3.8, 4) is 5.75 Å². The molecule has 0 bridgehead atoms. The predicted molar refractivity (Wildman–Crippen MR) is 86.6 cm³/mol. The van der Waals surface area contributed by atoms with E-state index in [2.05, 4.69) is 5.32 Å². The molecule has 1 atom stereocenters. The summed E-state index contributed by atoms with van der Waals surface area (Å²) in [4.78, 5) is 12.1. The smallest absolute Gasteiger partial charge is 0.258 e. The normalized spacial score (nSPS) is 16.5. The Morgan fingerprint density at radius 1 is 1.30 bits per heavy atom. The van der Waals surface area contributed by atoms with Gasteiger partial charge in [0.1, 0.15) is 0 Å². The van der Waals surface area contributed by atoms with Crippen molar-refractivity contribution in [2.24, 2.45) is 0 Å². The average Bonchev–Trinajstić information content (AvgIpc) is 2.54. The van der Waals surface area contributed by atoms with Gasteiger partial charge in [-0.1, -0.05) is 18.2 Å². The van der Waals surface area contributed by atoms with Gasteiger partial charge < -0.3 is 15.8 Å². The molecule has 23 heavy (non-hydrogen) atoms. The zero-order chi connectivity index (χ0) is 16.2. The number of ether oxygens (including phenoxy) is 1. The number of fused-ring (bicyclic) bond motifs is 1. The molecule has 0 heterocycles. The van der Waals surface area contributed by atoms with E-state index in [-0.39, 0.29) is 24.3 Å². The summed E-state index contributed by atoms with van der Waals surface area (Å²) in [6, 6.07) is 11.8. The van der Waals surface area contributed by atoms with E-state index in [9.17, 15) is 9.18 Å². The molecule has 0 saturated heterocycles. The Kier molecular flexibility index (Phi) is 4.46. The third-order valence-electron chi connectivity index (χ3n) is 4.01. The van der Waals surface area contributed by atoms with Crippen LogP contribution < -0.4 is 15.8 Å². The third-order valence-corrected chi connectivity index (χ3v) is 4.01. The second-order valence-corrected chi connectivity index (χ2v) is 5.69. The van der Waals surface area contributed by atoms with Crippen LogP contribution in [0, 0.1) is 5.82 Å². The van der Waals surface area contributed by atoms with E-state index in [1.807, 2.05) is 18.2 Å². The number of anilines is 1. The Morgan fingerprint density at radius 2 is 2.13 bits per heavy atom. The molecule has 3 rings (SSSR count). The van der Waals surface area contributed by atoms with E-state index in [1.54, 1.807) is 12.1 Å². The molecule has 120 valence electrons. The number of hydrogen-bond donors (Lipinski definition) is 2. The van der Waals surface area contributed by atoms with Crippen molar-refractivity contribution in [2.75, 3.05) is 12.3 Å². The predicted octanol–water partition coefficient (Wildman–Crippen LogP) is 2.98. The molecule has 1 unspecified atom stereocenters. The second-order valence-electron chi connectivity index (χ2n) is 5.69. The number of benzene rings is 2. The van der Waals surface area contributed by atoms with Crippen LogP contribution in [0.15, 0.2) is 42.5 Å². The number of rotatable bonds is 4. The quantitative estimate of drug-likeness (QED) is 0.853. The van der Waals surface area contributed by atoms with E-state index in [0.717, 1.165) is 30.5 Å². The van der Waals surface area contributed by atoms with Crippen molar-refractivity contribution < 1.29 is 13.9 Å². The van der Waals surface area contributed by atoms with Gasteiger partial charge in [-0.2, -0.15) is 0 Å². The van der Waals surface area contributed by atoms with Crippen molar-refractivity contribution in [2.45, 2.75) is 25.3 Å². The van der Waals surface area contributed by atoms with Crippen LogP contribution in [0.25, 0.3) is 0 Å². The van der Waals surface area contributed by atoms with Crippen molar-refractivity contribution >= 4 is 11.6 Å². The Bertz CT molecular complexity index is 718. The van der Waals surface area contributed by atoms with Gasteiger partial charge in [0.25, 0.3) is 5.91 Å². The van der Waals surface area contributed by atoms with Gasteiger partial charge in [-0.25, -0.2) is 4.39 Å². The summed E-state index contributed by atoms with van der Waals surface area (Å²) < 4.78 is 18.7. The number of nitrogen functional groups attached to an aromatic ring is 1. The Labute approximate surface area is 134 Å². The standard InChI is InChI=1S/C18H19FN2O2/c19-15-5-1-2-7-17(15)23-11-18(22)21-16-6-3-4-12-10-13(20)8-9-14(12)16/h1-2,5,7-10,16H,3-4,6,11,20H2,(H,21,22). The molecule has 0 aromatic heterocycles. The molecule has 0 fully saturated rings. The zero-order valence-electron chi connectivity index (χ0n) is 12.7. The first kappa shape index (κ1) is 15.3. The fourth-order valence-corrected chi connectivity index (χ4v) is 2.93. The van der Waals surface area contributed by atoms with E-state index in [0.29, 0.717) is 0 Å². The number of nitrogens with two attached hydrogens (primary N) is 1. The molecule has 0 radical (unpaired) electrons. The lowest BCUT2D eigenvalue weighted by atomic mass is 9.87. The maximum absolute atomic E-state index is 13.5. The van der Waals surface area contributed by atoms with Gasteiger partial charge in [0, 0.05) is 5.69 Å². The van der Waals surface area contributed by atoms with Crippen molar-refractivity contribution in [3.63, 3.8) is 0 Å². The van der Waals surface area contributed by atoms with Gasteiger partial charge in [0.05, 0.1) is 6.04 Å². The topological polar surface area (TPSA) is 64.3 Å². The Hall–Kier alpha value is -2.56. The second kappa shape index (κ2) is 6.69. The van der Waals surface area contributed by atoms with Crippen LogP contribution in [0.4, 0.5) is 10.1 Å². The van der Waals surface area contributed by atoms with Crippen LogP contribution >= 0.6 is 0 Å². The fourth-order valence-electron chi connectivity index (χ4n) is 2.93. The maximum Gasteiger partial charge on any atom is 0.258 e. The molecule has 0 spiro atoms. The lowest BCUT2D eigenvalue weighted by Crippen LogP contribution is -2.34. The number of carbonyl (C=O) groups excluding carboxylic acids is 1. The largest absolute Gasteiger partial charge is 0.481 e.